The Morgan fingerprint density at radius 3 is 1.97 bits per heavy atom. The van der Waals surface area contributed by atoms with Gasteiger partial charge in [-0.15, -0.1) is 0 Å². The van der Waals surface area contributed by atoms with Gasteiger partial charge in [0, 0.05) is 12.1 Å². The van der Waals surface area contributed by atoms with Crippen molar-refractivity contribution < 1.29 is 27.4 Å². The van der Waals surface area contributed by atoms with Crippen LogP contribution in [0.3, 0.4) is 0 Å². The number of alkyl halides is 2. The molecular formula is C32H42F2O5. The van der Waals surface area contributed by atoms with Gasteiger partial charge in [0.2, 0.25) is 5.43 Å². The van der Waals surface area contributed by atoms with Crippen LogP contribution in [0.15, 0.2) is 51.7 Å². The van der Waals surface area contributed by atoms with E-state index in [1.165, 1.54) is 50.7 Å². The highest BCUT2D eigenvalue weighted by Gasteiger charge is 2.22. The Hall–Kier alpha value is -3.09. The third-order valence-corrected chi connectivity index (χ3v) is 6.67. The number of hydrogen-bond donors (Lipinski definition) is 0. The summed E-state index contributed by atoms with van der Waals surface area (Å²) < 4.78 is 48.9. The number of rotatable bonds is 19. The lowest BCUT2D eigenvalue weighted by molar-refractivity contribution is -0.0498. The molecule has 5 nitrogen and oxygen atoms in total. The standard InChI is InChI=1S/C32H42F2O5/c1-3-5-7-9-11-16-20-36-26-22-25(38-32(33)34)23-27-29(26)30(35)28(24-18-14-13-15-19-24)31(39-27)37-21-17-12-10-8-6-4-2/h13-15,18-19,22-23,32H,3-12,16-17,20-21H2,1-2H3. The van der Waals surface area contributed by atoms with Crippen LogP contribution in [0.4, 0.5) is 8.78 Å². The van der Waals surface area contributed by atoms with Crippen LogP contribution in [0.5, 0.6) is 17.4 Å². The zero-order chi connectivity index (χ0) is 27.9. The second kappa shape index (κ2) is 16.8. The molecule has 3 aromatic rings. The molecule has 3 rings (SSSR count). The van der Waals surface area contributed by atoms with Crippen LogP contribution < -0.4 is 19.6 Å². The van der Waals surface area contributed by atoms with Gasteiger partial charge in [-0.2, -0.15) is 8.78 Å². The van der Waals surface area contributed by atoms with E-state index < -0.39 is 6.61 Å². The molecule has 0 spiro atoms. The van der Waals surface area contributed by atoms with Crippen molar-refractivity contribution in [1.29, 1.82) is 0 Å². The molecule has 0 bridgehead atoms. The summed E-state index contributed by atoms with van der Waals surface area (Å²) in [5.74, 6) is 0.112. The van der Waals surface area contributed by atoms with Crippen molar-refractivity contribution in [1.82, 2.24) is 0 Å². The fourth-order valence-corrected chi connectivity index (χ4v) is 4.59. The van der Waals surface area contributed by atoms with Crippen LogP contribution in [-0.4, -0.2) is 19.8 Å². The Morgan fingerprint density at radius 2 is 1.36 bits per heavy atom. The first-order chi connectivity index (χ1) is 19.0. The van der Waals surface area contributed by atoms with Crippen molar-refractivity contribution in [2.75, 3.05) is 13.2 Å². The molecule has 0 aliphatic heterocycles. The van der Waals surface area contributed by atoms with Crippen LogP contribution in [-0.2, 0) is 0 Å². The quantitative estimate of drug-likeness (QED) is 0.141. The minimum Gasteiger partial charge on any atom is -0.493 e. The van der Waals surface area contributed by atoms with Gasteiger partial charge < -0.3 is 18.6 Å². The lowest BCUT2D eigenvalue weighted by Crippen LogP contribution is -2.12. The van der Waals surface area contributed by atoms with Crippen LogP contribution >= 0.6 is 0 Å². The lowest BCUT2D eigenvalue weighted by atomic mass is 10.0. The van der Waals surface area contributed by atoms with E-state index in [0.29, 0.717) is 24.3 Å². The Balaban J connectivity index is 1.92. The normalized spacial score (nSPS) is 11.3. The van der Waals surface area contributed by atoms with Crippen LogP contribution in [0, 0.1) is 0 Å². The van der Waals surface area contributed by atoms with Crippen molar-refractivity contribution in [3.8, 4) is 28.6 Å². The van der Waals surface area contributed by atoms with E-state index >= 15 is 0 Å². The summed E-state index contributed by atoms with van der Waals surface area (Å²) in [7, 11) is 0. The van der Waals surface area contributed by atoms with Gasteiger partial charge in [0.05, 0.1) is 13.2 Å². The maximum atomic E-state index is 13.9. The molecule has 0 atom stereocenters. The van der Waals surface area contributed by atoms with Gasteiger partial charge in [0.15, 0.2) is 0 Å². The molecule has 0 amide bonds. The SMILES string of the molecule is CCCCCCCCOc1oc2cc(OC(F)F)cc(OCCCCCCCC)c2c(=O)c1-c1ccccc1. The first-order valence-corrected chi connectivity index (χ1v) is 14.5. The number of ether oxygens (including phenoxy) is 3. The number of fused-ring (bicyclic) bond motifs is 1. The molecule has 214 valence electrons. The van der Waals surface area contributed by atoms with E-state index in [9.17, 15) is 13.6 Å². The van der Waals surface area contributed by atoms with Crippen molar-refractivity contribution >= 4 is 11.0 Å². The summed E-state index contributed by atoms with van der Waals surface area (Å²) in [6.45, 7) is 2.07. The molecule has 1 aromatic heterocycles. The third-order valence-electron chi connectivity index (χ3n) is 6.67. The average Bonchev–Trinajstić information content (AvgIpc) is 2.92. The van der Waals surface area contributed by atoms with Crippen molar-refractivity contribution in [2.24, 2.45) is 0 Å². The van der Waals surface area contributed by atoms with Crippen molar-refractivity contribution in [3.63, 3.8) is 0 Å². The molecule has 0 aliphatic rings. The van der Waals surface area contributed by atoms with E-state index in [2.05, 4.69) is 18.6 Å². The van der Waals surface area contributed by atoms with E-state index in [0.717, 1.165) is 38.5 Å². The maximum absolute atomic E-state index is 13.9. The average molecular weight is 545 g/mol. The highest BCUT2D eigenvalue weighted by Crippen LogP contribution is 2.37. The molecule has 0 unspecified atom stereocenters. The molecule has 2 aromatic carbocycles. The number of hydrogen-bond acceptors (Lipinski definition) is 5. The van der Waals surface area contributed by atoms with Crippen molar-refractivity contribution in [3.05, 3.63) is 52.7 Å². The minimum absolute atomic E-state index is 0.0725. The predicted octanol–water partition coefficient (Wildman–Crippen LogP) is 9.54. The zero-order valence-electron chi connectivity index (χ0n) is 23.3. The third kappa shape index (κ3) is 9.55. The molecule has 1 heterocycles. The predicted molar refractivity (Wildman–Crippen MR) is 152 cm³/mol. The molecule has 0 fully saturated rings. The highest BCUT2D eigenvalue weighted by molar-refractivity contribution is 5.90. The molecule has 0 saturated carbocycles. The first kappa shape index (κ1) is 30.5. The van der Waals surface area contributed by atoms with Crippen LogP contribution in [0.2, 0.25) is 0 Å². The van der Waals surface area contributed by atoms with Gasteiger partial charge in [-0.05, 0) is 18.4 Å². The second-order valence-electron chi connectivity index (χ2n) is 9.87. The van der Waals surface area contributed by atoms with E-state index in [1.54, 1.807) is 0 Å². The minimum atomic E-state index is -3.02. The van der Waals surface area contributed by atoms with E-state index in [1.807, 2.05) is 30.3 Å². The van der Waals surface area contributed by atoms with Crippen LogP contribution in [0.25, 0.3) is 22.1 Å². The topological polar surface area (TPSA) is 57.9 Å². The van der Waals surface area contributed by atoms with E-state index in [-0.39, 0.29) is 33.8 Å². The molecule has 0 aliphatic carbocycles. The Labute approximate surface area is 230 Å². The number of benzene rings is 2. The van der Waals surface area contributed by atoms with Gasteiger partial charge in [0.25, 0.3) is 5.95 Å². The number of halogens is 2. The largest absolute Gasteiger partial charge is 0.493 e. The second-order valence-corrected chi connectivity index (χ2v) is 9.87. The fraction of sp³-hybridized carbons (Fsp3) is 0.531. The molecule has 0 saturated heterocycles. The van der Waals surface area contributed by atoms with Gasteiger partial charge >= 0.3 is 6.61 Å². The lowest BCUT2D eigenvalue weighted by Gasteiger charge is -2.15. The molecule has 39 heavy (non-hydrogen) atoms. The monoisotopic (exact) mass is 544 g/mol. The zero-order valence-corrected chi connectivity index (χ0v) is 23.3. The summed E-state index contributed by atoms with van der Waals surface area (Å²) in [5.41, 5.74) is 0.706. The van der Waals surface area contributed by atoms with Gasteiger partial charge in [-0.3, -0.25) is 4.79 Å². The summed E-state index contributed by atoms with van der Waals surface area (Å²) in [6.07, 6.45) is 13.0. The maximum Gasteiger partial charge on any atom is 0.387 e. The van der Waals surface area contributed by atoms with Gasteiger partial charge in [-0.25, -0.2) is 0 Å². The molecule has 0 radical (unpaired) electrons. The van der Waals surface area contributed by atoms with E-state index in [4.69, 9.17) is 13.9 Å². The summed E-state index contributed by atoms with van der Waals surface area (Å²) in [5, 5.41) is 0.188. The highest BCUT2D eigenvalue weighted by atomic mass is 19.3. The smallest absolute Gasteiger partial charge is 0.387 e. The summed E-state index contributed by atoms with van der Waals surface area (Å²) in [4.78, 5) is 13.9. The fourth-order valence-electron chi connectivity index (χ4n) is 4.59. The number of unbranched alkanes of at least 4 members (excludes halogenated alkanes) is 10. The Bertz CT molecular complexity index is 1180. The van der Waals surface area contributed by atoms with Crippen molar-refractivity contribution in [2.45, 2.75) is 97.5 Å². The molecule has 7 heteroatoms. The Kier molecular flexibility index (Phi) is 13.1. The van der Waals surface area contributed by atoms with Gasteiger partial charge in [0.1, 0.15) is 28.0 Å². The first-order valence-electron chi connectivity index (χ1n) is 14.5. The molecule has 0 N–H and O–H groups in total. The van der Waals surface area contributed by atoms with Crippen LogP contribution in [0.1, 0.15) is 90.9 Å². The summed E-state index contributed by atoms with van der Waals surface area (Å²) in [6, 6.07) is 11.8. The molecular weight excluding hydrogens is 502 g/mol. The summed E-state index contributed by atoms with van der Waals surface area (Å²) >= 11 is 0. The van der Waals surface area contributed by atoms with Gasteiger partial charge in [-0.1, -0.05) is 108 Å². The Morgan fingerprint density at radius 1 is 0.769 bits per heavy atom.